The normalized spacial score (nSPS) is 15.3. The van der Waals surface area contributed by atoms with Gasteiger partial charge >= 0.3 is 0 Å². The smallest absolute Gasteiger partial charge is 0.0725 e. The summed E-state index contributed by atoms with van der Waals surface area (Å²) in [6, 6.07) is 105. The van der Waals surface area contributed by atoms with Gasteiger partial charge in [-0.1, -0.05) is 286 Å². The summed E-state index contributed by atoms with van der Waals surface area (Å²) in [5.74, 6) is 0.391. The molecule has 1 heteroatoms. The van der Waals surface area contributed by atoms with Crippen LogP contribution in [0.1, 0.15) is 107 Å². The van der Waals surface area contributed by atoms with Gasteiger partial charge in [-0.15, -0.1) is 0 Å². The molecule has 2 atom stereocenters. The first kappa shape index (κ1) is 54.1. The Labute approximate surface area is 515 Å². The molecule has 87 heavy (non-hydrogen) atoms. The summed E-state index contributed by atoms with van der Waals surface area (Å²) in [6.45, 7) is 19.1. The van der Waals surface area contributed by atoms with E-state index in [4.69, 9.17) is 0 Å². The maximum absolute atomic E-state index is 2.56. The van der Waals surface area contributed by atoms with E-state index in [0.717, 1.165) is 23.5 Å². The lowest BCUT2D eigenvalue weighted by atomic mass is 9.67. The highest BCUT2D eigenvalue weighted by atomic mass is 15.1. The van der Waals surface area contributed by atoms with Crippen molar-refractivity contribution in [2.24, 2.45) is 10.8 Å². The monoisotopic (exact) mass is 1120 g/mol. The number of fused-ring (bicyclic) bond motifs is 13. The molecule has 3 aliphatic rings. The molecule has 0 heterocycles. The fraction of sp³-hybridized carbons (Fsp3) is 0.163. The zero-order valence-electron chi connectivity index (χ0n) is 51.3. The molecule has 2 unspecified atom stereocenters. The first-order valence-corrected chi connectivity index (χ1v) is 31.2. The van der Waals surface area contributed by atoms with Crippen LogP contribution in [0.3, 0.4) is 0 Å². The third-order valence-electron chi connectivity index (χ3n) is 19.6. The topological polar surface area (TPSA) is 3.24 Å². The zero-order chi connectivity index (χ0) is 59.4. The molecular formula is C86H73N. The Morgan fingerprint density at radius 1 is 0.287 bits per heavy atom. The molecule has 12 aromatic carbocycles. The number of benzene rings is 12. The molecule has 1 spiro atoms. The van der Waals surface area contributed by atoms with Gasteiger partial charge in [0.25, 0.3) is 0 Å². The quantitative estimate of drug-likeness (QED) is 0.132. The van der Waals surface area contributed by atoms with Gasteiger partial charge in [-0.05, 0) is 200 Å². The fourth-order valence-corrected chi connectivity index (χ4v) is 15.3. The van der Waals surface area contributed by atoms with Gasteiger partial charge in [0.1, 0.15) is 0 Å². The number of anilines is 3. The Kier molecular flexibility index (Phi) is 12.8. The Balaban J connectivity index is 0.739. The third-order valence-corrected chi connectivity index (χ3v) is 19.6. The summed E-state index contributed by atoms with van der Waals surface area (Å²) in [7, 11) is 0. The minimum absolute atomic E-state index is 0.0920. The van der Waals surface area contributed by atoms with E-state index in [1.807, 2.05) is 0 Å². The average molecular weight is 1120 g/mol. The van der Waals surface area contributed by atoms with Gasteiger partial charge in [-0.3, -0.25) is 0 Å². The SMILES string of the molecule is CC(C)(C)CC(c1ccccc1-c1ccc2c(c1)C1(c3ccccc3-c3ccc(-c4ccc(-c5ccc(-c6ccc(N(c7ccc(-c8ccccc8)cc7)c7ccc8c(c7)C(C)(C)c7ccccc7-8)cc6)cc5)cc4)cc31)c1ccccc1-2)C(C)(C)C. The number of nitrogens with zero attached hydrogens (tertiary/aromatic N) is 1. The minimum atomic E-state index is -0.475. The summed E-state index contributed by atoms with van der Waals surface area (Å²) in [6.07, 6.45) is 1.11. The Hall–Kier alpha value is -9.56. The molecule has 15 rings (SSSR count). The van der Waals surface area contributed by atoms with Gasteiger partial charge < -0.3 is 4.90 Å². The van der Waals surface area contributed by atoms with Crippen LogP contribution in [0.2, 0.25) is 0 Å². The van der Waals surface area contributed by atoms with Gasteiger partial charge in [0.2, 0.25) is 0 Å². The maximum Gasteiger partial charge on any atom is 0.0725 e. The molecule has 12 aromatic rings. The second-order valence-corrected chi connectivity index (χ2v) is 27.5. The predicted octanol–water partition coefficient (Wildman–Crippen LogP) is 23.7. The van der Waals surface area contributed by atoms with Crippen molar-refractivity contribution in [3.8, 4) is 89.0 Å². The van der Waals surface area contributed by atoms with E-state index in [2.05, 4.69) is 339 Å². The van der Waals surface area contributed by atoms with E-state index in [1.165, 1.54) is 128 Å². The largest absolute Gasteiger partial charge is 0.310 e. The van der Waals surface area contributed by atoms with Crippen LogP contribution in [0, 0.1) is 10.8 Å². The highest BCUT2D eigenvalue weighted by molar-refractivity contribution is 5.97. The van der Waals surface area contributed by atoms with Crippen molar-refractivity contribution in [1.29, 1.82) is 0 Å². The van der Waals surface area contributed by atoms with E-state index in [1.54, 1.807) is 0 Å². The minimum Gasteiger partial charge on any atom is -0.310 e. The first-order chi connectivity index (χ1) is 42.1. The van der Waals surface area contributed by atoms with Crippen LogP contribution in [0.5, 0.6) is 0 Å². The van der Waals surface area contributed by atoms with Crippen molar-refractivity contribution in [3.63, 3.8) is 0 Å². The van der Waals surface area contributed by atoms with Crippen LogP contribution in [-0.4, -0.2) is 0 Å². The molecule has 0 saturated carbocycles. The molecule has 0 amide bonds. The van der Waals surface area contributed by atoms with Crippen molar-refractivity contribution in [3.05, 3.63) is 318 Å². The third kappa shape index (κ3) is 9.04. The van der Waals surface area contributed by atoms with Crippen molar-refractivity contribution in [1.82, 2.24) is 0 Å². The Bertz CT molecular complexity index is 4590. The molecule has 0 saturated heterocycles. The van der Waals surface area contributed by atoms with Crippen LogP contribution in [-0.2, 0) is 10.8 Å². The summed E-state index contributed by atoms with van der Waals surface area (Å²) in [5.41, 5.74) is 32.9. The highest BCUT2D eigenvalue weighted by Gasteiger charge is 2.52. The summed E-state index contributed by atoms with van der Waals surface area (Å²) in [4.78, 5) is 2.41. The van der Waals surface area contributed by atoms with Gasteiger partial charge in [0.05, 0.1) is 5.41 Å². The van der Waals surface area contributed by atoms with E-state index in [0.29, 0.717) is 5.92 Å². The van der Waals surface area contributed by atoms with E-state index < -0.39 is 5.41 Å². The molecular weight excluding hydrogens is 1050 g/mol. The standard InChI is InChI=1S/C86H73N/c1-83(2,3)55-82(84(4,5)6)69-23-13-12-22-68(69)64-43-50-75-72-26-16-19-29-78(72)86(81(75)53-64)77-28-18-15-25-71(77)74-49-42-63(52-80(74)86)62-36-34-58(35-37-62)57-30-32-59(33-31-57)61-40-46-66(47-41-61)87(65-44-38-60(39-45-65)56-20-10-9-11-21-56)67-48-51-73-70-24-14-17-27-76(70)85(7,8)79(73)54-67/h9-54,82H,55H2,1-8H3. The van der Waals surface area contributed by atoms with Crippen molar-refractivity contribution >= 4 is 17.1 Å². The van der Waals surface area contributed by atoms with Gasteiger partial charge in [0, 0.05) is 22.5 Å². The van der Waals surface area contributed by atoms with Gasteiger partial charge in [-0.25, -0.2) is 0 Å². The second kappa shape index (κ2) is 20.6. The van der Waals surface area contributed by atoms with Crippen molar-refractivity contribution < 1.29 is 0 Å². The van der Waals surface area contributed by atoms with Crippen LogP contribution >= 0.6 is 0 Å². The molecule has 422 valence electrons. The molecule has 0 aliphatic heterocycles. The first-order valence-electron chi connectivity index (χ1n) is 31.2. The number of hydrogen-bond acceptors (Lipinski definition) is 1. The molecule has 3 aliphatic carbocycles. The van der Waals surface area contributed by atoms with Crippen LogP contribution in [0.4, 0.5) is 17.1 Å². The van der Waals surface area contributed by atoms with Gasteiger partial charge in [-0.2, -0.15) is 0 Å². The summed E-state index contributed by atoms with van der Waals surface area (Å²) in [5, 5.41) is 0. The molecule has 1 nitrogen and oxygen atoms in total. The number of rotatable bonds is 10. The predicted molar refractivity (Wildman–Crippen MR) is 368 cm³/mol. The van der Waals surface area contributed by atoms with Crippen LogP contribution in [0.15, 0.2) is 279 Å². The van der Waals surface area contributed by atoms with Gasteiger partial charge in [0.15, 0.2) is 0 Å². The average Bonchev–Trinajstić information content (AvgIpc) is 1.52. The second-order valence-electron chi connectivity index (χ2n) is 27.5. The van der Waals surface area contributed by atoms with E-state index in [9.17, 15) is 0 Å². The maximum atomic E-state index is 2.56. The van der Waals surface area contributed by atoms with Crippen LogP contribution in [0.25, 0.3) is 89.0 Å². The summed E-state index contributed by atoms with van der Waals surface area (Å²) < 4.78 is 0. The number of hydrogen-bond donors (Lipinski definition) is 0. The zero-order valence-corrected chi connectivity index (χ0v) is 51.3. The lowest BCUT2D eigenvalue weighted by molar-refractivity contribution is 0.229. The molecule has 0 bridgehead atoms. The summed E-state index contributed by atoms with van der Waals surface area (Å²) >= 11 is 0. The molecule has 0 fully saturated rings. The lowest BCUT2D eigenvalue weighted by Gasteiger charge is -2.37. The van der Waals surface area contributed by atoms with Crippen LogP contribution < -0.4 is 4.90 Å². The van der Waals surface area contributed by atoms with E-state index in [-0.39, 0.29) is 16.2 Å². The molecule has 0 N–H and O–H groups in total. The van der Waals surface area contributed by atoms with Crippen molar-refractivity contribution in [2.45, 2.75) is 78.6 Å². The fourth-order valence-electron chi connectivity index (χ4n) is 15.3. The Morgan fingerprint density at radius 3 is 1.14 bits per heavy atom. The van der Waals surface area contributed by atoms with E-state index >= 15 is 0 Å². The van der Waals surface area contributed by atoms with Crippen molar-refractivity contribution in [2.75, 3.05) is 4.90 Å². The molecule has 0 aromatic heterocycles. The Morgan fingerprint density at radius 2 is 0.632 bits per heavy atom. The molecule has 0 radical (unpaired) electrons. The lowest BCUT2D eigenvalue weighted by Crippen LogP contribution is -2.26. The highest BCUT2D eigenvalue weighted by Crippen LogP contribution is 2.64.